The van der Waals surface area contributed by atoms with Crippen LogP contribution in [0.4, 0.5) is 0 Å². The molecule has 172 valence electrons. The zero-order chi connectivity index (χ0) is 22.8. The molecular weight excluding hydrogens is 440 g/mol. The average Bonchev–Trinajstić information content (AvgIpc) is 3.37. The Morgan fingerprint density at radius 3 is 2.55 bits per heavy atom. The van der Waals surface area contributed by atoms with Gasteiger partial charge in [-0.25, -0.2) is 13.4 Å². The van der Waals surface area contributed by atoms with Gasteiger partial charge in [-0.1, -0.05) is 18.9 Å². The predicted molar refractivity (Wildman–Crippen MR) is 124 cm³/mol. The van der Waals surface area contributed by atoms with Crippen LogP contribution in [0.2, 0.25) is 0 Å². The third-order valence-corrected chi connectivity index (χ3v) is 8.14. The minimum atomic E-state index is -3.70. The predicted octanol–water partition coefficient (Wildman–Crippen LogP) is 2.99. The Morgan fingerprint density at radius 1 is 1.03 bits per heavy atom. The SMILES string of the molecule is O=C(NC1CCCC1)c1cc(-c2ccccn2)nc2ccc(S(=O)(=O)N3CCOCC3)cc12. The van der Waals surface area contributed by atoms with E-state index in [2.05, 4.69) is 15.3 Å². The molecule has 1 saturated carbocycles. The summed E-state index contributed by atoms with van der Waals surface area (Å²) in [5, 5.41) is 3.64. The summed E-state index contributed by atoms with van der Waals surface area (Å²) in [5.74, 6) is -0.215. The zero-order valence-corrected chi connectivity index (χ0v) is 19.1. The van der Waals surface area contributed by atoms with E-state index in [4.69, 9.17) is 4.74 Å². The number of rotatable bonds is 5. The number of sulfonamides is 1. The summed E-state index contributed by atoms with van der Waals surface area (Å²) in [7, 11) is -3.70. The lowest BCUT2D eigenvalue weighted by Gasteiger charge is -2.26. The molecule has 1 N–H and O–H groups in total. The molecule has 1 saturated heterocycles. The first-order valence-electron chi connectivity index (χ1n) is 11.3. The van der Waals surface area contributed by atoms with Crippen LogP contribution in [-0.4, -0.2) is 60.9 Å². The highest BCUT2D eigenvalue weighted by molar-refractivity contribution is 7.89. The van der Waals surface area contributed by atoms with Crippen molar-refractivity contribution in [3.8, 4) is 11.4 Å². The molecule has 0 radical (unpaired) electrons. The molecule has 1 amide bonds. The number of amides is 1. The van der Waals surface area contributed by atoms with E-state index in [9.17, 15) is 13.2 Å². The first-order chi connectivity index (χ1) is 16.0. The Balaban J connectivity index is 1.60. The van der Waals surface area contributed by atoms with Gasteiger partial charge in [0.2, 0.25) is 10.0 Å². The molecule has 8 nitrogen and oxygen atoms in total. The van der Waals surface area contributed by atoms with Crippen LogP contribution in [0, 0.1) is 0 Å². The van der Waals surface area contributed by atoms with E-state index < -0.39 is 10.0 Å². The maximum absolute atomic E-state index is 13.3. The lowest BCUT2D eigenvalue weighted by atomic mass is 10.0. The smallest absolute Gasteiger partial charge is 0.252 e. The number of nitrogens with one attached hydrogen (secondary N) is 1. The number of carbonyl (C=O) groups is 1. The molecule has 1 aromatic carbocycles. The number of morpholine rings is 1. The van der Waals surface area contributed by atoms with Gasteiger partial charge in [-0.3, -0.25) is 9.78 Å². The van der Waals surface area contributed by atoms with Gasteiger partial charge in [0.15, 0.2) is 0 Å². The van der Waals surface area contributed by atoms with Crippen LogP contribution < -0.4 is 5.32 Å². The number of aromatic nitrogens is 2. The van der Waals surface area contributed by atoms with Crippen LogP contribution in [0.15, 0.2) is 53.6 Å². The van der Waals surface area contributed by atoms with Crippen molar-refractivity contribution in [3.63, 3.8) is 0 Å². The van der Waals surface area contributed by atoms with Crippen LogP contribution in [0.5, 0.6) is 0 Å². The summed E-state index contributed by atoms with van der Waals surface area (Å²) in [4.78, 5) is 22.5. The number of nitrogens with zero attached hydrogens (tertiary/aromatic N) is 3. The van der Waals surface area contributed by atoms with Gasteiger partial charge in [-0.05, 0) is 49.2 Å². The third-order valence-electron chi connectivity index (χ3n) is 6.25. The zero-order valence-electron chi connectivity index (χ0n) is 18.2. The van der Waals surface area contributed by atoms with Gasteiger partial charge >= 0.3 is 0 Å². The van der Waals surface area contributed by atoms with Crippen LogP contribution >= 0.6 is 0 Å². The van der Waals surface area contributed by atoms with Gasteiger partial charge in [0, 0.05) is 30.7 Å². The van der Waals surface area contributed by atoms with Crippen LogP contribution in [-0.2, 0) is 14.8 Å². The van der Waals surface area contributed by atoms with Gasteiger partial charge in [-0.15, -0.1) is 0 Å². The van der Waals surface area contributed by atoms with E-state index in [0.717, 1.165) is 25.7 Å². The third kappa shape index (κ3) is 4.48. The number of fused-ring (bicyclic) bond motifs is 1. The standard InChI is InChI=1S/C24H26N4O4S/c29-24(26-17-5-1-2-6-17)20-16-23(22-7-3-4-10-25-22)27-21-9-8-18(15-19(20)21)33(30,31)28-11-13-32-14-12-28/h3-4,7-10,15-17H,1-2,5-6,11-14H2,(H,26,29). The number of ether oxygens (including phenoxy) is 1. The fourth-order valence-corrected chi connectivity index (χ4v) is 5.90. The largest absolute Gasteiger partial charge is 0.379 e. The normalized spacial score (nSPS) is 17.9. The van der Waals surface area contributed by atoms with E-state index in [1.54, 1.807) is 30.5 Å². The summed E-state index contributed by atoms with van der Waals surface area (Å²) in [6.07, 6.45) is 5.79. The number of pyridine rings is 2. The van der Waals surface area contributed by atoms with E-state index in [0.29, 0.717) is 54.2 Å². The molecule has 9 heteroatoms. The fourth-order valence-electron chi connectivity index (χ4n) is 4.47. The van der Waals surface area contributed by atoms with Crippen molar-refractivity contribution in [1.29, 1.82) is 0 Å². The molecular formula is C24H26N4O4S. The van der Waals surface area contributed by atoms with Crippen LogP contribution in [0.3, 0.4) is 0 Å². The molecule has 5 rings (SSSR count). The topological polar surface area (TPSA) is 101 Å². The van der Waals surface area contributed by atoms with E-state index in [1.807, 2.05) is 18.2 Å². The van der Waals surface area contributed by atoms with Gasteiger partial charge < -0.3 is 10.1 Å². The summed E-state index contributed by atoms with van der Waals surface area (Å²) in [5.41, 5.74) is 2.19. The lowest BCUT2D eigenvalue weighted by Crippen LogP contribution is -2.40. The van der Waals surface area contributed by atoms with Crippen molar-refractivity contribution in [2.45, 2.75) is 36.6 Å². The molecule has 0 unspecified atom stereocenters. The lowest BCUT2D eigenvalue weighted by molar-refractivity contribution is 0.0730. The van der Waals surface area contributed by atoms with Crippen molar-refractivity contribution < 1.29 is 17.9 Å². The summed E-state index contributed by atoms with van der Waals surface area (Å²) in [6, 6.07) is 12.2. The highest BCUT2D eigenvalue weighted by atomic mass is 32.2. The molecule has 2 aliphatic rings. The van der Waals surface area contributed by atoms with Crippen molar-refractivity contribution in [3.05, 3.63) is 54.2 Å². The van der Waals surface area contributed by atoms with E-state index >= 15 is 0 Å². The molecule has 0 bridgehead atoms. The quantitative estimate of drug-likeness (QED) is 0.620. The first kappa shape index (κ1) is 21.9. The Bertz CT molecular complexity index is 1270. The molecule has 3 heterocycles. The van der Waals surface area contributed by atoms with Crippen LogP contribution in [0.1, 0.15) is 36.0 Å². The summed E-state index contributed by atoms with van der Waals surface area (Å²) >= 11 is 0. The summed E-state index contributed by atoms with van der Waals surface area (Å²) in [6.45, 7) is 1.37. The molecule has 1 aliphatic heterocycles. The highest BCUT2D eigenvalue weighted by Crippen LogP contribution is 2.28. The second kappa shape index (κ2) is 9.17. The maximum Gasteiger partial charge on any atom is 0.252 e. The first-order valence-corrected chi connectivity index (χ1v) is 12.7. The minimum Gasteiger partial charge on any atom is -0.379 e. The van der Waals surface area contributed by atoms with Crippen LogP contribution in [0.25, 0.3) is 22.3 Å². The second-order valence-electron chi connectivity index (χ2n) is 8.42. The Hall–Kier alpha value is -2.88. The van der Waals surface area contributed by atoms with Gasteiger partial charge in [0.25, 0.3) is 5.91 Å². The molecule has 0 atom stereocenters. The molecule has 33 heavy (non-hydrogen) atoms. The Kier molecular flexibility index (Phi) is 6.09. The highest BCUT2D eigenvalue weighted by Gasteiger charge is 2.28. The number of carbonyl (C=O) groups excluding carboxylic acids is 1. The van der Waals surface area contributed by atoms with Crippen molar-refractivity contribution >= 4 is 26.8 Å². The fraction of sp³-hybridized carbons (Fsp3) is 0.375. The van der Waals surface area contributed by atoms with Crippen molar-refractivity contribution in [2.24, 2.45) is 0 Å². The number of hydrogen-bond acceptors (Lipinski definition) is 6. The number of benzene rings is 1. The minimum absolute atomic E-state index is 0.138. The van der Waals surface area contributed by atoms with Crippen molar-refractivity contribution in [2.75, 3.05) is 26.3 Å². The second-order valence-corrected chi connectivity index (χ2v) is 10.4. The maximum atomic E-state index is 13.3. The molecule has 3 aromatic rings. The molecule has 2 fully saturated rings. The molecule has 1 aliphatic carbocycles. The van der Waals surface area contributed by atoms with E-state index in [-0.39, 0.29) is 16.8 Å². The van der Waals surface area contributed by atoms with Gasteiger partial charge in [0.05, 0.1) is 40.6 Å². The molecule has 0 spiro atoms. The summed E-state index contributed by atoms with van der Waals surface area (Å²) < 4.78 is 33.2. The van der Waals surface area contributed by atoms with Crippen molar-refractivity contribution in [1.82, 2.24) is 19.6 Å². The van der Waals surface area contributed by atoms with Gasteiger partial charge in [0.1, 0.15) is 0 Å². The monoisotopic (exact) mass is 466 g/mol. The Morgan fingerprint density at radius 2 is 1.82 bits per heavy atom. The number of hydrogen-bond donors (Lipinski definition) is 1. The van der Waals surface area contributed by atoms with E-state index in [1.165, 1.54) is 4.31 Å². The van der Waals surface area contributed by atoms with Gasteiger partial charge in [-0.2, -0.15) is 4.31 Å². The molecule has 2 aromatic heterocycles. The Labute approximate surface area is 193 Å². The average molecular weight is 467 g/mol.